The van der Waals surface area contributed by atoms with Crippen LogP contribution in [0.5, 0.6) is 0 Å². The molecule has 0 aliphatic heterocycles. The van der Waals surface area contributed by atoms with Gasteiger partial charge in [-0.25, -0.2) is 0 Å². The van der Waals surface area contributed by atoms with Crippen LogP contribution >= 0.6 is 0 Å². The van der Waals surface area contributed by atoms with E-state index in [9.17, 15) is 4.79 Å². The van der Waals surface area contributed by atoms with Gasteiger partial charge >= 0.3 is 0 Å². The predicted octanol–water partition coefficient (Wildman–Crippen LogP) is 2.99. The molecule has 1 heterocycles. The Morgan fingerprint density at radius 1 is 1.36 bits per heavy atom. The number of carbonyl (C=O) groups excluding carboxylic acids is 1. The molecule has 1 amide bonds. The number of ether oxygens (including phenoxy) is 1. The number of rotatable bonds is 7. The molecule has 0 aliphatic carbocycles. The van der Waals surface area contributed by atoms with Gasteiger partial charge in [-0.3, -0.25) is 9.48 Å². The second-order valence-corrected chi connectivity index (χ2v) is 6.75. The molecule has 0 spiro atoms. The first-order valence-corrected chi connectivity index (χ1v) is 8.10. The molecule has 0 unspecified atom stereocenters. The van der Waals surface area contributed by atoms with Crippen molar-refractivity contribution in [1.29, 1.82) is 0 Å². The second-order valence-electron chi connectivity index (χ2n) is 6.75. The van der Waals surface area contributed by atoms with E-state index in [4.69, 9.17) is 4.74 Å². The quantitative estimate of drug-likeness (QED) is 0.778. The summed E-state index contributed by atoms with van der Waals surface area (Å²) in [6.45, 7) is 11.7. The van der Waals surface area contributed by atoms with Crippen molar-refractivity contribution in [3.05, 3.63) is 17.5 Å². The summed E-state index contributed by atoms with van der Waals surface area (Å²) in [6, 6.07) is 2.15. The lowest BCUT2D eigenvalue weighted by Gasteiger charge is -2.30. The van der Waals surface area contributed by atoms with Crippen molar-refractivity contribution in [2.75, 3.05) is 20.3 Å². The molecule has 0 radical (unpaired) electrons. The number of aromatic nitrogens is 2. The molecule has 0 saturated carbocycles. The molecular weight excluding hydrogens is 278 g/mol. The number of hydrogen-bond acceptors (Lipinski definition) is 3. The standard InChI is InChI=1S/C17H31N3O2/c1-8-13(9-2)20(10-11-22-7)16(21)14-12-15(17(3,4)5)18-19(14)6/h12-13H,8-11H2,1-7H3. The van der Waals surface area contributed by atoms with Crippen molar-refractivity contribution in [3.63, 3.8) is 0 Å². The van der Waals surface area contributed by atoms with Gasteiger partial charge in [-0.15, -0.1) is 0 Å². The van der Waals surface area contributed by atoms with Crippen LogP contribution in [0.1, 0.15) is 63.6 Å². The Morgan fingerprint density at radius 2 is 1.95 bits per heavy atom. The molecule has 1 aromatic rings. The van der Waals surface area contributed by atoms with E-state index in [0.717, 1.165) is 18.5 Å². The van der Waals surface area contributed by atoms with E-state index in [1.165, 1.54) is 0 Å². The number of methoxy groups -OCH3 is 1. The number of nitrogens with zero attached hydrogens (tertiary/aromatic N) is 3. The van der Waals surface area contributed by atoms with Gasteiger partial charge in [0, 0.05) is 32.2 Å². The van der Waals surface area contributed by atoms with Gasteiger partial charge in [0.1, 0.15) is 5.69 Å². The largest absolute Gasteiger partial charge is 0.383 e. The van der Waals surface area contributed by atoms with Crippen molar-refractivity contribution in [2.24, 2.45) is 7.05 Å². The smallest absolute Gasteiger partial charge is 0.272 e. The highest BCUT2D eigenvalue weighted by atomic mass is 16.5. The fourth-order valence-corrected chi connectivity index (χ4v) is 2.55. The van der Waals surface area contributed by atoms with Gasteiger partial charge in [-0.05, 0) is 18.9 Å². The number of aryl methyl sites for hydroxylation is 1. The summed E-state index contributed by atoms with van der Waals surface area (Å²) in [5.41, 5.74) is 1.52. The summed E-state index contributed by atoms with van der Waals surface area (Å²) in [5, 5.41) is 4.51. The molecule has 0 atom stereocenters. The molecule has 1 rings (SSSR count). The number of amides is 1. The van der Waals surface area contributed by atoms with Crippen molar-refractivity contribution in [3.8, 4) is 0 Å². The van der Waals surface area contributed by atoms with Gasteiger partial charge in [-0.2, -0.15) is 5.10 Å². The molecule has 0 aliphatic rings. The minimum Gasteiger partial charge on any atom is -0.383 e. The zero-order valence-electron chi connectivity index (χ0n) is 15.1. The Bertz CT molecular complexity index is 485. The molecule has 5 nitrogen and oxygen atoms in total. The van der Waals surface area contributed by atoms with Crippen LogP contribution in [0.2, 0.25) is 0 Å². The summed E-state index contributed by atoms with van der Waals surface area (Å²) >= 11 is 0. The van der Waals surface area contributed by atoms with Gasteiger partial charge in [0.25, 0.3) is 5.91 Å². The average molecular weight is 309 g/mol. The monoisotopic (exact) mass is 309 g/mol. The third-order valence-corrected chi connectivity index (χ3v) is 4.05. The molecule has 0 aromatic carbocycles. The molecule has 22 heavy (non-hydrogen) atoms. The highest BCUT2D eigenvalue weighted by Gasteiger charge is 2.27. The predicted molar refractivity (Wildman–Crippen MR) is 89.2 cm³/mol. The minimum atomic E-state index is -0.0669. The number of carbonyl (C=O) groups is 1. The molecule has 126 valence electrons. The second kappa shape index (κ2) is 7.77. The van der Waals surface area contributed by atoms with E-state index in [2.05, 4.69) is 39.7 Å². The van der Waals surface area contributed by atoms with E-state index in [1.54, 1.807) is 11.8 Å². The van der Waals surface area contributed by atoms with Gasteiger partial charge in [0.2, 0.25) is 0 Å². The van der Waals surface area contributed by atoms with Gasteiger partial charge in [0.15, 0.2) is 0 Å². The van der Waals surface area contributed by atoms with E-state index >= 15 is 0 Å². The van der Waals surface area contributed by atoms with Gasteiger partial charge in [0.05, 0.1) is 12.3 Å². The Hall–Kier alpha value is -1.36. The maximum Gasteiger partial charge on any atom is 0.272 e. The SMILES string of the molecule is CCC(CC)N(CCOC)C(=O)c1cc(C(C)(C)C)nn1C. The summed E-state index contributed by atoms with van der Waals surface area (Å²) in [6.07, 6.45) is 1.88. The molecule has 5 heteroatoms. The maximum absolute atomic E-state index is 13.0. The van der Waals surface area contributed by atoms with Crippen molar-refractivity contribution in [1.82, 2.24) is 14.7 Å². The minimum absolute atomic E-state index is 0.0382. The summed E-state index contributed by atoms with van der Waals surface area (Å²) in [4.78, 5) is 14.9. The van der Waals surface area contributed by atoms with Crippen LogP contribution in [-0.4, -0.2) is 46.9 Å². The Labute approximate surface area is 134 Å². The van der Waals surface area contributed by atoms with E-state index in [-0.39, 0.29) is 17.4 Å². The lowest BCUT2D eigenvalue weighted by Crippen LogP contribution is -2.42. The molecule has 0 bridgehead atoms. The normalized spacial score (nSPS) is 12.0. The van der Waals surface area contributed by atoms with Gasteiger partial charge < -0.3 is 9.64 Å². The topological polar surface area (TPSA) is 47.4 Å². The molecule has 1 aromatic heterocycles. The molecule has 0 N–H and O–H groups in total. The van der Waals surface area contributed by atoms with Crippen molar-refractivity contribution in [2.45, 2.75) is 58.9 Å². The average Bonchev–Trinajstić information content (AvgIpc) is 2.85. The van der Waals surface area contributed by atoms with E-state index in [1.807, 2.05) is 18.0 Å². The molecule has 0 saturated heterocycles. The van der Waals surface area contributed by atoms with Crippen molar-refractivity contribution < 1.29 is 9.53 Å². The zero-order valence-corrected chi connectivity index (χ0v) is 15.1. The molecule has 0 fully saturated rings. The first kappa shape index (κ1) is 18.7. The van der Waals surface area contributed by atoms with Gasteiger partial charge in [-0.1, -0.05) is 34.6 Å². The highest BCUT2D eigenvalue weighted by molar-refractivity contribution is 5.93. The highest BCUT2D eigenvalue weighted by Crippen LogP contribution is 2.22. The lowest BCUT2D eigenvalue weighted by molar-refractivity contribution is 0.0578. The fraction of sp³-hybridized carbons (Fsp3) is 0.765. The summed E-state index contributed by atoms with van der Waals surface area (Å²) in [5.74, 6) is 0.0382. The Kier molecular flexibility index (Phi) is 6.60. The lowest BCUT2D eigenvalue weighted by atomic mass is 9.92. The Balaban J connectivity index is 3.10. The van der Waals surface area contributed by atoms with Crippen LogP contribution < -0.4 is 0 Å². The summed E-state index contributed by atoms with van der Waals surface area (Å²) < 4.78 is 6.87. The van der Waals surface area contributed by atoms with Crippen LogP contribution in [0.4, 0.5) is 0 Å². The van der Waals surface area contributed by atoms with Crippen LogP contribution in [0, 0.1) is 0 Å². The van der Waals surface area contributed by atoms with Crippen LogP contribution in [0.3, 0.4) is 0 Å². The van der Waals surface area contributed by atoms with E-state index < -0.39 is 0 Å². The summed E-state index contributed by atoms with van der Waals surface area (Å²) in [7, 11) is 3.50. The third-order valence-electron chi connectivity index (χ3n) is 4.05. The third kappa shape index (κ3) is 4.32. The number of hydrogen-bond donors (Lipinski definition) is 0. The van der Waals surface area contributed by atoms with E-state index in [0.29, 0.717) is 18.8 Å². The van der Waals surface area contributed by atoms with Crippen molar-refractivity contribution >= 4 is 5.91 Å². The molecular formula is C17H31N3O2. The first-order chi connectivity index (χ1) is 10.3. The van der Waals surface area contributed by atoms with Crippen LogP contribution in [-0.2, 0) is 17.2 Å². The first-order valence-electron chi connectivity index (χ1n) is 8.10. The maximum atomic E-state index is 13.0. The van der Waals surface area contributed by atoms with Crippen LogP contribution in [0.25, 0.3) is 0 Å². The Morgan fingerprint density at radius 3 is 2.36 bits per heavy atom. The zero-order chi connectivity index (χ0) is 16.9. The fourth-order valence-electron chi connectivity index (χ4n) is 2.55. The van der Waals surface area contributed by atoms with Crippen LogP contribution in [0.15, 0.2) is 6.07 Å².